The number of anilines is 1. The quantitative estimate of drug-likeness (QED) is 0.520. The van der Waals surface area contributed by atoms with Crippen LogP contribution in [-0.2, 0) is 20.8 Å². The van der Waals surface area contributed by atoms with Gasteiger partial charge in [0.1, 0.15) is 0 Å². The van der Waals surface area contributed by atoms with E-state index in [-0.39, 0.29) is 21.7 Å². The van der Waals surface area contributed by atoms with E-state index in [1.165, 1.54) is 19.2 Å². The van der Waals surface area contributed by atoms with Crippen LogP contribution in [0.2, 0.25) is 0 Å². The molecule has 31 heavy (non-hydrogen) atoms. The minimum Gasteiger partial charge on any atom is -0.379 e. The molecule has 0 unspecified atom stereocenters. The van der Waals surface area contributed by atoms with Crippen LogP contribution in [0.25, 0.3) is 0 Å². The lowest BCUT2D eigenvalue weighted by molar-refractivity contribution is -0.137. The third kappa shape index (κ3) is 5.82. The van der Waals surface area contributed by atoms with E-state index < -0.39 is 44.7 Å². The van der Waals surface area contributed by atoms with Crippen LogP contribution in [0.4, 0.5) is 18.9 Å². The van der Waals surface area contributed by atoms with Gasteiger partial charge in [0, 0.05) is 24.4 Å². The number of carbonyl (C=O) groups excluding carboxylic acids is 2. The first kappa shape index (κ1) is 24.3. The van der Waals surface area contributed by atoms with Gasteiger partial charge in [-0.1, -0.05) is 0 Å². The van der Waals surface area contributed by atoms with E-state index in [2.05, 4.69) is 15.6 Å². The second-order valence-electron chi connectivity index (χ2n) is 6.95. The lowest BCUT2D eigenvalue weighted by Gasteiger charge is -2.22. The van der Waals surface area contributed by atoms with E-state index in [0.29, 0.717) is 6.07 Å². The molecule has 166 valence electrons. The number of benzene rings is 1. The average Bonchev–Trinajstić information content (AvgIpc) is 2.67. The molecule has 0 bridgehead atoms. The smallest absolute Gasteiger partial charge is 0.379 e. The number of halogens is 3. The predicted octanol–water partition coefficient (Wildman–Crippen LogP) is -0.118. The molecule has 13 heteroatoms. The first-order valence-electron chi connectivity index (χ1n) is 8.80. The number of nitrogens with one attached hydrogen (secondary N) is 2. The van der Waals surface area contributed by atoms with E-state index in [4.69, 9.17) is 0 Å². The van der Waals surface area contributed by atoms with Crippen molar-refractivity contribution in [3.05, 3.63) is 47.7 Å². The summed E-state index contributed by atoms with van der Waals surface area (Å²) >= 11 is 0. The van der Waals surface area contributed by atoms with E-state index in [1.807, 2.05) is 0 Å². The van der Waals surface area contributed by atoms with Gasteiger partial charge < -0.3 is 15.7 Å². The number of amides is 2. The minimum atomic E-state index is -4.70. The molecule has 0 saturated heterocycles. The van der Waals surface area contributed by atoms with Crippen LogP contribution in [0, 0.1) is 0 Å². The van der Waals surface area contributed by atoms with Crippen LogP contribution in [0.5, 0.6) is 0 Å². The van der Waals surface area contributed by atoms with Crippen LogP contribution in [-0.4, -0.2) is 56.6 Å². The highest BCUT2D eigenvalue weighted by Gasteiger charge is 2.38. The first-order chi connectivity index (χ1) is 14.2. The molecule has 3 N–H and O–H groups in total. The molecule has 0 spiro atoms. The molecule has 0 aliphatic heterocycles. The van der Waals surface area contributed by atoms with Gasteiger partial charge in [-0.15, -0.1) is 0 Å². The van der Waals surface area contributed by atoms with Crippen molar-refractivity contribution < 1.29 is 36.3 Å². The normalized spacial score (nSPS) is 13.9. The van der Waals surface area contributed by atoms with E-state index >= 15 is 0 Å². The Kier molecular flexibility index (Phi) is 6.81. The summed E-state index contributed by atoms with van der Waals surface area (Å²) in [5.41, 5.74) is -4.00. The molecule has 1 aromatic heterocycles. The summed E-state index contributed by atoms with van der Waals surface area (Å²) in [6.45, 7) is 0.922. The molecule has 8 nitrogen and oxygen atoms in total. The van der Waals surface area contributed by atoms with Gasteiger partial charge in [0.15, 0.2) is 23.3 Å². The predicted molar refractivity (Wildman–Crippen MR) is 109 cm³/mol. The number of aromatic nitrogens is 1. The maximum Gasteiger partial charge on any atom is 0.417 e. The molecule has 2 rings (SSSR count). The standard InChI is InChI=1S/C18H19BF3N3O5S/c1-17(28,9-31(29,30)12-5-3-10(4-6-12)15(26)23-2)16(27)25-11-7-13(18(20,21)22)14(19)24-8-11/h3-8,28H,9,19H2,1-2H3,(H,23,26)(H,25,27)/t17-/m0/s1. The van der Waals surface area contributed by atoms with Crippen LogP contribution in [0.1, 0.15) is 22.8 Å². The summed E-state index contributed by atoms with van der Waals surface area (Å²) in [6.07, 6.45) is -3.74. The van der Waals surface area contributed by atoms with E-state index in [9.17, 15) is 36.3 Å². The molecule has 2 amide bonds. The van der Waals surface area contributed by atoms with Gasteiger partial charge in [0.05, 0.1) is 21.9 Å². The van der Waals surface area contributed by atoms with Crippen molar-refractivity contribution in [3.8, 4) is 0 Å². The monoisotopic (exact) mass is 457 g/mol. The molecule has 1 heterocycles. The molecule has 0 aliphatic rings. The summed E-state index contributed by atoms with van der Waals surface area (Å²) in [4.78, 5) is 27.2. The van der Waals surface area contributed by atoms with Crippen molar-refractivity contribution in [1.82, 2.24) is 10.3 Å². The molecule has 0 aliphatic carbocycles. The lowest BCUT2D eigenvalue weighted by atomic mass is 9.97. The van der Waals surface area contributed by atoms with Gasteiger partial charge in [0.2, 0.25) is 0 Å². The summed E-state index contributed by atoms with van der Waals surface area (Å²) in [5.74, 6) is -2.70. The number of nitrogens with zero attached hydrogens (tertiary/aromatic N) is 1. The zero-order valence-corrected chi connectivity index (χ0v) is 17.6. The fourth-order valence-electron chi connectivity index (χ4n) is 2.63. The summed E-state index contributed by atoms with van der Waals surface area (Å²) < 4.78 is 64.2. The fraction of sp³-hybridized carbons (Fsp3) is 0.278. The molecule has 0 saturated carbocycles. The molecule has 0 radical (unpaired) electrons. The van der Waals surface area contributed by atoms with Crippen LogP contribution < -0.4 is 16.2 Å². The molecular formula is C18H19BF3N3O5S. The second-order valence-corrected chi connectivity index (χ2v) is 8.93. The highest BCUT2D eigenvalue weighted by atomic mass is 32.2. The summed E-state index contributed by atoms with van der Waals surface area (Å²) in [5, 5.41) is 14.8. The number of sulfone groups is 1. The van der Waals surface area contributed by atoms with Gasteiger partial charge in [0.25, 0.3) is 11.8 Å². The first-order valence-corrected chi connectivity index (χ1v) is 10.4. The lowest BCUT2D eigenvalue weighted by Crippen LogP contribution is -2.46. The van der Waals surface area contributed by atoms with Gasteiger partial charge in [-0.05, 0) is 37.3 Å². The highest BCUT2D eigenvalue weighted by Crippen LogP contribution is 2.29. The summed E-state index contributed by atoms with van der Waals surface area (Å²) in [7, 11) is -1.63. The molecule has 1 atom stereocenters. The Hall–Kier alpha value is -2.93. The van der Waals surface area contributed by atoms with Crippen LogP contribution in [0.15, 0.2) is 41.4 Å². The molecule has 1 aromatic carbocycles. The Morgan fingerprint density at radius 1 is 1.19 bits per heavy atom. The van der Waals surface area contributed by atoms with Crippen molar-refractivity contribution in [1.29, 1.82) is 0 Å². The number of hydrogen-bond donors (Lipinski definition) is 3. The number of aliphatic hydroxyl groups is 1. The van der Waals surface area contributed by atoms with Crippen molar-refractivity contribution in [3.63, 3.8) is 0 Å². The Bertz CT molecular complexity index is 1100. The van der Waals surface area contributed by atoms with E-state index in [1.54, 1.807) is 0 Å². The number of carbonyl (C=O) groups is 2. The number of alkyl halides is 3. The fourth-order valence-corrected chi connectivity index (χ4v) is 4.22. The van der Waals surface area contributed by atoms with Crippen LogP contribution in [0.3, 0.4) is 0 Å². The van der Waals surface area contributed by atoms with Crippen molar-refractivity contribution >= 4 is 40.8 Å². The molecule has 2 aromatic rings. The number of hydrogen-bond acceptors (Lipinski definition) is 6. The van der Waals surface area contributed by atoms with Gasteiger partial charge >= 0.3 is 6.18 Å². The van der Waals surface area contributed by atoms with Gasteiger partial charge in [-0.3, -0.25) is 14.6 Å². The van der Waals surface area contributed by atoms with Crippen molar-refractivity contribution in [2.45, 2.75) is 23.6 Å². The zero-order chi connectivity index (χ0) is 23.6. The van der Waals surface area contributed by atoms with Crippen molar-refractivity contribution in [2.75, 3.05) is 18.1 Å². The Morgan fingerprint density at radius 2 is 1.77 bits per heavy atom. The SMILES string of the molecule is Bc1ncc(NC(=O)[C@@](C)(O)CS(=O)(=O)c2ccc(C(=O)NC)cc2)cc1C(F)(F)F. The second kappa shape index (κ2) is 8.67. The average molecular weight is 457 g/mol. The third-order valence-corrected chi connectivity index (χ3v) is 6.25. The van der Waals surface area contributed by atoms with E-state index in [0.717, 1.165) is 33.1 Å². The van der Waals surface area contributed by atoms with Gasteiger partial charge in [-0.25, -0.2) is 8.42 Å². The molecular weight excluding hydrogens is 438 g/mol. The number of pyridine rings is 1. The largest absolute Gasteiger partial charge is 0.417 e. The Labute approximate surface area is 177 Å². The minimum absolute atomic E-state index is 0.207. The van der Waals surface area contributed by atoms with Crippen molar-refractivity contribution in [2.24, 2.45) is 0 Å². The molecule has 0 fully saturated rings. The summed E-state index contributed by atoms with van der Waals surface area (Å²) in [6, 6.07) is 5.46. The Morgan fingerprint density at radius 3 is 2.29 bits per heavy atom. The Balaban J connectivity index is 2.21. The maximum absolute atomic E-state index is 13.0. The highest BCUT2D eigenvalue weighted by molar-refractivity contribution is 7.91. The maximum atomic E-state index is 13.0. The van der Waals surface area contributed by atoms with Gasteiger partial charge in [-0.2, -0.15) is 13.2 Å². The van der Waals surface area contributed by atoms with Crippen LogP contribution >= 0.6 is 0 Å². The zero-order valence-electron chi connectivity index (χ0n) is 16.7. The topological polar surface area (TPSA) is 125 Å². The number of rotatable bonds is 6. The third-order valence-electron chi connectivity index (χ3n) is 4.31.